The largest absolute Gasteiger partial charge is 0.394 e. The Labute approximate surface area is 108 Å². The molecule has 2 N–H and O–H groups in total. The van der Waals surface area contributed by atoms with Crippen LogP contribution < -0.4 is 4.90 Å². The number of nitrogens with zero attached hydrogens (tertiary/aromatic N) is 2. The summed E-state index contributed by atoms with van der Waals surface area (Å²) in [5, 5.41) is 18.7. The van der Waals surface area contributed by atoms with Gasteiger partial charge in [0.1, 0.15) is 5.82 Å². The Balaban J connectivity index is 2.24. The van der Waals surface area contributed by atoms with E-state index < -0.39 is 0 Å². The van der Waals surface area contributed by atoms with Crippen molar-refractivity contribution in [3.63, 3.8) is 0 Å². The van der Waals surface area contributed by atoms with Crippen molar-refractivity contribution in [1.82, 2.24) is 4.98 Å². The topological polar surface area (TPSA) is 56.6 Å². The van der Waals surface area contributed by atoms with Crippen molar-refractivity contribution < 1.29 is 10.2 Å². The molecule has 1 aliphatic heterocycles. The Morgan fingerprint density at radius 2 is 2.11 bits per heavy atom. The SMILES string of the molecule is Cc1nc(N2CCCCCC2CO)ccc1CO. The molecule has 0 spiro atoms. The van der Waals surface area contributed by atoms with Crippen LogP contribution in [0.15, 0.2) is 12.1 Å². The number of rotatable bonds is 3. The van der Waals surface area contributed by atoms with Crippen LogP contribution in [0.1, 0.15) is 36.9 Å². The van der Waals surface area contributed by atoms with E-state index in [0.29, 0.717) is 0 Å². The summed E-state index contributed by atoms with van der Waals surface area (Å²) in [7, 11) is 0. The smallest absolute Gasteiger partial charge is 0.129 e. The van der Waals surface area contributed by atoms with Gasteiger partial charge < -0.3 is 15.1 Å². The van der Waals surface area contributed by atoms with Crippen LogP contribution >= 0.6 is 0 Å². The van der Waals surface area contributed by atoms with Crippen LogP contribution in [-0.2, 0) is 6.61 Å². The third kappa shape index (κ3) is 2.82. The van der Waals surface area contributed by atoms with Crippen LogP contribution in [-0.4, -0.2) is 34.4 Å². The predicted molar refractivity (Wildman–Crippen MR) is 71.6 cm³/mol. The highest BCUT2D eigenvalue weighted by Crippen LogP contribution is 2.23. The third-order valence-corrected chi connectivity index (χ3v) is 3.73. The predicted octanol–water partition coefficient (Wildman–Crippen LogP) is 1.62. The quantitative estimate of drug-likeness (QED) is 0.856. The molecule has 0 bridgehead atoms. The fraction of sp³-hybridized carbons (Fsp3) is 0.643. The van der Waals surface area contributed by atoms with Gasteiger partial charge >= 0.3 is 0 Å². The summed E-state index contributed by atoms with van der Waals surface area (Å²) < 4.78 is 0. The van der Waals surface area contributed by atoms with Crippen molar-refractivity contribution in [2.75, 3.05) is 18.1 Å². The Morgan fingerprint density at radius 1 is 1.28 bits per heavy atom. The molecule has 1 unspecified atom stereocenters. The van der Waals surface area contributed by atoms with Gasteiger partial charge in [-0.2, -0.15) is 0 Å². The van der Waals surface area contributed by atoms with Crippen LogP contribution in [0, 0.1) is 6.92 Å². The Kier molecular flexibility index (Phi) is 4.55. The molecule has 4 heteroatoms. The van der Waals surface area contributed by atoms with E-state index in [2.05, 4.69) is 9.88 Å². The summed E-state index contributed by atoms with van der Waals surface area (Å²) in [6.07, 6.45) is 4.58. The molecule has 2 heterocycles. The van der Waals surface area contributed by atoms with Gasteiger partial charge in [0.2, 0.25) is 0 Å². The van der Waals surface area contributed by atoms with Crippen LogP contribution in [0.25, 0.3) is 0 Å². The van der Waals surface area contributed by atoms with E-state index in [1.54, 1.807) is 0 Å². The lowest BCUT2D eigenvalue weighted by molar-refractivity contribution is 0.254. The summed E-state index contributed by atoms with van der Waals surface area (Å²) in [6, 6.07) is 4.06. The minimum absolute atomic E-state index is 0.0303. The lowest BCUT2D eigenvalue weighted by Gasteiger charge is -2.30. The van der Waals surface area contributed by atoms with Gasteiger partial charge in [0.25, 0.3) is 0 Å². The lowest BCUT2D eigenvalue weighted by atomic mass is 10.1. The molecule has 1 aromatic rings. The maximum Gasteiger partial charge on any atom is 0.129 e. The fourth-order valence-corrected chi connectivity index (χ4v) is 2.57. The summed E-state index contributed by atoms with van der Waals surface area (Å²) in [5.74, 6) is 0.922. The number of pyridine rings is 1. The minimum atomic E-state index is 0.0303. The van der Waals surface area contributed by atoms with Gasteiger partial charge in [0, 0.05) is 12.2 Å². The van der Waals surface area contributed by atoms with Crippen molar-refractivity contribution in [3.8, 4) is 0 Å². The van der Waals surface area contributed by atoms with E-state index in [0.717, 1.165) is 36.5 Å². The van der Waals surface area contributed by atoms with Gasteiger partial charge in [0.15, 0.2) is 0 Å². The second-order valence-corrected chi connectivity index (χ2v) is 4.95. The van der Waals surface area contributed by atoms with Gasteiger partial charge in [-0.15, -0.1) is 0 Å². The van der Waals surface area contributed by atoms with Crippen LogP contribution in [0.2, 0.25) is 0 Å². The van der Waals surface area contributed by atoms with E-state index >= 15 is 0 Å². The zero-order chi connectivity index (χ0) is 13.0. The zero-order valence-electron chi connectivity index (χ0n) is 11.0. The number of hydrogen-bond donors (Lipinski definition) is 2. The second kappa shape index (κ2) is 6.16. The number of hydrogen-bond acceptors (Lipinski definition) is 4. The molecule has 1 saturated heterocycles. The van der Waals surface area contributed by atoms with Gasteiger partial charge in [-0.1, -0.05) is 18.9 Å². The highest BCUT2D eigenvalue weighted by Gasteiger charge is 2.21. The standard InChI is InChI=1S/C14H22N2O2/c1-11-12(9-17)6-7-14(15-11)16-8-4-2-3-5-13(16)10-18/h6-7,13,17-18H,2-5,8-10H2,1H3. The van der Waals surface area contributed by atoms with Gasteiger partial charge in [0.05, 0.1) is 19.3 Å². The molecule has 0 aromatic carbocycles. The number of aromatic nitrogens is 1. The molecule has 1 aliphatic rings. The maximum absolute atomic E-state index is 9.51. The van der Waals surface area contributed by atoms with Crippen molar-refractivity contribution in [1.29, 1.82) is 0 Å². The van der Waals surface area contributed by atoms with Crippen molar-refractivity contribution in [2.45, 2.75) is 45.3 Å². The van der Waals surface area contributed by atoms with Gasteiger partial charge in [-0.25, -0.2) is 4.98 Å². The van der Waals surface area contributed by atoms with E-state index in [1.165, 1.54) is 12.8 Å². The molecule has 100 valence electrons. The van der Waals surface area contributed by atoms with E-state index in [4.69, 9.17) is 5.11 Å². The number of anilines is 1. The Hall–Kier alpha value is -1.13. The Morgan fingerprint density at radius 3 is 2.78 bits per heavy atom. The molecule has 18 heavy (non-hydrogen) atoms. The van der Waals surface area contributed by atoms with E-state index in [-0.39, 0.29) is 19.3 Å². The Bertz CT molecular complexity index is 395. The molecule has 1 atom stereocenters. The first kappa shape index (κ1) is 13.3. The molecule has 0 amide bonds. The average molecular weight is 250 g/mol. The van der Waals surface area contributed by atoms with E-state index in [1.807, 2.05) is 19.1 Å². The van der Waals surface area contributed by atoms with Crippen molar-refractivity contribution >= 4 is 5.82 Å². The summed E-state index contributed by atoms with van der Waals surface area (Å²) in [4.78, 5) is 6.77. The maximum atomic E-state index is 9.51. The monoisotopic (exact) mass is 250 g/mol. The third-order valence-electron chi connectivity index (χ3n) is 3.73. The lowest BCUT2D eigenvalue weighted by Crippen LogP contribution is -2.38. The van der Waals surface area contributed by atoms with Gasteiger partial charge in [-0.05, 0) is 31.4 Å². The molecular weight excluding hydrogens is 228 g/mol. The van der Waals surface area contributed by atoms with Crippen LogP contribution in [0.4, 0.5) is 5.82 Å². The number of aryl methyl sites for hydroxylation is 1. The fourth-order valence-electron chi connectivity index (χ4n) is 2.57. The summed E-state index contributed by atoms with van der Waals surface area (Å²) in [5.41, 5.74) is 1.74. The molecular formula is C14H22N2O2. The molecule has 0 aliphatic carbocycles. The minimum Gasteiger partial charge on any atom is -0.394 e. The zero-order valence-corrected chi connectivity index (χ0v) is 11.0. The summed E-state index contributed by atoms with van der Waals surface area (Å²) >= 11 is 0. The number of aliphatic hydroxyl groups excluding tert-OH is 2. The number of aliphatic hydroxyl groups is 2. The van der Waals surface area contributed by atoms with Crippen molar-refractivity contribution in [2.24, 2.45) is 0 Å². The van der Waals surface area contributed by atoms with Gasteiger partial charge in [-0.3, -0.25) is 0 Å². The van der Waals surface area contributed by atoms with E-state index in [9.17, 15) is 5.11 Å². The molecule has 1 fully saturated rings. The second-order valence-electron chi connectivity index (χ2n) is 4.95. The normalized spacial score (nSPS) is 20.8. The summed E-state index contributed by atoms with van der Waals surface area (Å²) in [6.45, 7) is 3.09. The molecule has 0 saturated carbocycles. The first-order valence-electron chi connectivity index (χ1n) is 6.71. The first-order chi connectivity index (χ1) is 8.76. The molecule has 1 aromatic heterocycles. The highest BCUT2D eigenvalue weighted by molar-refractivity contribution is 5.43. The highest BCUT2D eigenvalue weighted by atomic mass is 16.3. The molecule has 2 rings (SSSR count). The van der Waals surface area contributed by atoms with Crippen LogP contribution in [0.3, 0.4) is 0 Å². The van der Waals surface area contributed by atoms with Crippen molar-refractivity contribution in [3.05, 3.63) is 23.4 Å². The average Bonchev–Trinajstić information content (AvgIpc) is 2.63. The molecule has 0 radical (unpaired) electrons. The first-order valence-corrected chi connectivity index (χ1v) is 6.71. The van der Waals surface area contributed by atoms with Crippen LogP contribution in [0.5, 0.6) is 0 Å². The molecule has 4 nitrogen and oxygen atoms in total.